The number of rotatable bonds is 6. The number of hydrogen-bond donors (Lipinski definition) is 0. The second-order valence-electron chi connectivity index (χ2n) is 4.72. The molecule has 0 aliphatic rings. The molecule has 0 saturated heterocycles. The van der Waals surface area contributed by atoms with Crippen LogP contribution in [-0.4, -0.2) is 19.4 Å². The van der Waals surface area contributed by atoms with Crippen molar-refractivity contribution < 1.29 is 23.5 Å². The number of halogens is 1. The Labute approximate surface area is 133 Å². The molecule has 0 bridgehead atoms. The van der Waals surface area contributed by atoms with Crippen LogP contribution in [0.15, 0.2) is 49.1 Å². The topological polar surface area (TPSA) is 52.6 Å². The van der Waals surface area contributed by atoms with E-state index in [1.54, 1.807) is 12.1 Å². The van der Waals surface area contributed by atoms with Gasteiger partial charge in [0.05, 0.1) is 12.7 Å². The van der Waals surface area contributed by atoms with E-state index in [0.717, 1.165) is 6.07 Å². The maximum absolute atomic E-state index is 13.2. The number of hydrogen-bond acceptors (Lipinski definition) is 4. The lowest BCUT2D eigenvalue weighted by molar-refractivity contribution is 0.0727. The third-order valence-corrected chi connectivity index (χ3v) is 3.13. The van der Waals surface area contributed by atoms with E-state index >= 15 is 0 Å². The van der Waals surface area contributed by atoms with Crippen molar-refractivity contribution in [3.63, 3.8) is 0 Å². The van der Waals surface area contributed by atoms with Crippen molar-refractivity contribution >= 4 is 12.3 Å². The van der Waals surface area contributed by atoms with Crippen LogP contribution in [0.4, 0.5) is 4.39 Å². The van der Waals surface area contributed by atoms with Crippen LogP contribution in [0.5, 0.6) is 11.5 Å². The van der Waals surface area contributed by atoms with E-state index in [2.05, 4.69) is 6.58 Å². The Hall–Kier alpha value is -2.95. The Balaban J connectivity index is 2.42. The van der Waals surface area contributed by atoms with E-state index in [1.165, 1.54) is 31.4 Å². The number of aldehydes is 1. The highest BCUT2D eigenvalue weighted by Gasteiger charge is 2.17. The number of ether oxygens (including phenoxy) is 2. The van der Waals surface area contributed by atoms with Crippen molar-refractivity contribution in [2.24, 2.45) is 0 Å². The molecule has 118 valence electrons. The van der Waals surface area contributed by atoms with Gasteiger partial charge in [0.2, 0.25) is 0 Å². The standard InChI is InChI=1S/C18H15FO4/c1-3-5-13-8-12(11-20)9-16(22-2)17(13)23-18(21)14-6-4-7-15(19)10-14/h3-4,6-11H,1,5H2,2H3. The van der Waals surface area contributed by atoms with Gasteiger partial charge < -0.3 is 9.47 Å². The quantitative estimate of drug-likeness (QED) is 0.354. The summed E-state index contributed by atoms with van der Waals surface area (Å²) >= 11 is 0. The van der Waals surface area contributed by atoms with Gasteiger partial charge in [-0.05, 0) is 36.8 Å². The Kier molecular flexibility index (Phi) is 5.25. The first-order valence-electron chi connectivity index (χ1n) is 6.83. The highest BCUT2D eigenvalue weighted by Crippen LogP contribution is 2.33. The molecule has 0 heterocycles. The maximum atomic E-state index is 13.2. The smallest absolute Gasteiger partial charge is 0.343 e. The predicted molar refractivity (Wildman–Crippen MR) is 83.6 cm³/mol. The molecule has 0 aromatic heterocycles. The summed E-state index contributed by atoms with van der Waals surface area (Å²) in [4.78, 5) is 23.2. The van der Waals surface area contributed by atoms with Gasteiger partial charge in [0.25, 0.3) is 0 Å². The van der Waals surface area contributed by atoms with Crippen molar-refractivity contribution in [2.45, 2.75) is 6.42 Å². The van der Waals surface area contributed by atoms with Crippen LogP contribution in [-0.2, 0) is 6.42 Å². The predicted octanol–water partition coefficient (Wildman–Crippen LogP) is 3.59. The Bertz CT molecular complexity index is 753. The van der Waals surface area contributed by atoms with E-state index < -0.39 is 11.8 Å². The van der Waals surface area contributed by atoms with Gasteiger partial charge in [0.15, 0.2) is 11.5 Å². The van der Waals surface area contributed by atoms with Crippen LogP contribution in [0.25, 0.3) is 0 Å². The van der Waals surface area contributed by atoms with Crippen LogP contribution in [0.3, 0.4) is 0 Å². The largest absolute Gasteiger partial charge is 0.493 e. The zero-order valence-electron chi connectivity index (χ0n) is 12.5. The molecule has 0 aliphatic carbocycles. The number of allylic oxidation sites excluding steroid dienone is 1. The molecule has 0 fully saturated rings. The molecule has 0 spiro atoms. The number of carbonyl (C=O) groups excluding carboxylic acids is 2. The van der Waals surface area contributed by atoms with Crippen molar-refractivity contribution in [3.05, 3.63) is 71.6 Å². The molecule has 2 aromatic rings. The molecule has 0 aliphatic heterocycles. The second kappa shape index (κ2) is 7.35. The highest BCUT2D eigenvalue weighted by atomic mass is 19.1. The minimum absolute atomic E-state index is 0.0797. The molecule has 0 radical (unpaired) electrons. The average molecular weight is 314 g/mol. The lowest BCUT2D eigenvalue weighted by Gasteiger charge is -2.14. The van der Waals surface area contributed by atoms with Crippen molar-refractivity contribution in [1.82, 2.24) is 0 Å². The molecule has 0 unspecified atom stereocenters. The Morgan fingerprint density at radius 3 is 2.70 bits per heavy atom. The fourth-order valence-corrected chi connectivity index (χ4v) is 2.09. The summed E-state index contributed by atoms with van der Waals surface area (Å²) in [6.07, 6.45) is 2.67. The van der Waals surface area contributed by atoms with E-state index in [0.29, 0.717) is 23.8 Å². The number of benzene rings is 2. The first-order valence-corrected chi connectivity index (χ1v) is 6.83. The Morgan fingerprint density at radius 1 is 1.30 bits per heavy atom. The molecular weight excluding hydrogens is 299 g/mol. The second-order valence-corrected chi connectivity index (χ2v) is 4.72. The van der Waals surface area contributed by atoms with Gasteiger partial charge in [-0.2, -0.15) is 0 Å². The van der Waals surface area contributed by atoms with E-state index in [9.17, 15) is 14.0 Å². The van der Waals surface area contributed by atoms with Gasteiger partial charge in [-0.1, -0.05) is 12.1 Å². The van der Waals surface area contributed by atoms with Gasteiger partial charge in [0, 0.05) is 11.1 Å². The molecular formula is C18H15FO4. The monoisotopic (exact) mass is 314 g/mol. The first kappa shape index (κ1) is 16.4. The Morgan fingerprint density at radius 2 is 2.09 bits per heavy atom. The zero-order valence-corrected chi connectivity index (χ0v) is 12.5. The van der Waals surface area contributed by atoms with Gasteiger partial charge in [-0.15, -0.1) is 6.58 Å². The summed E-state index contributed by atoms with van der Waals surface area (Å²) in [6, 6.07) is 8.24. The van der Waals surface area contributed by atoms with Gasteiger partial charge >= 0.3 is 5.97 Å². The maximum Gasteiger partial charge on any atom is 0.343 e. The summed E-state index contributed by atoms with van der Waals surface area (Å²) in [5.74, 6) is -0.815. The van der Waals surface area contributed by atoms with Crippen LogP contribution in [0.2, 0.25) is 0 Å². The van der Waals surface area contributed by atoms with Crippen LogP contribution in [0, 0.1) is 5.82 Å². The highest BCUT2D eigenvalue weighted by molar-refractivity contribution is 5.91. The summed E-state index contributed by atoms with van der Waals surface area (Å²) in [5, 5.41) is 0. The van der Waals surface area contributed by atoms with Gasteiger partial charge in [-0.25, -0.2) is 9.18 Å². The van der Waals surface area contributed by atoms with Crippen LogP contribution < -0.4 is 9.47 Å². The third kappa shape index (κ3) is 3.83. The molecule has 0 N–H and O–H groups in total. The summed E-state index contributed by atoms with van der Waals surface area (Å²) < 4.78 is 23.8. The molecule has 2 aromatic carbocycles. The third-order valence-electron chi connectivity index (χ3n) is 3.13. The first-order chi connectivity index (χ1) is 11.1. The van der Waals surface area contributed by atoms with Crippen LogP contribution >= 0.6 is 0 Å². The van der Waals surface area contributed by atoms with Crippen molar-refractivity contribution in [2.75, 3.05) is 7.11 Å². The molecule has 0 atom stereocenters. The molecule has 2 rings (SSSR count). The SMILES string of the molecule is C=CCc1cc(C=O)cc(OC)c1OC(=O)c1cccc(F)c1. The van der Waals surface area contributed by atoms with Gasteiger partial charge in [-0.3, -0.25) is 4.79 Å². The van der Waals surface area contributed by atoms with Crippen LogP contribution in [0.1, 0.15) is 26.3 Å². The minimum Gasteiger partial charge on any atom is -0.493 e. The van der Waals surface area contributed by atoms with E-state index in [-0.39, 0.29) is 17.1 Å². The van der Waals surface area contributed by atoms with Crippen molar-refractivity contribution in [1.29, 1.82) is 0 Å². The minimum atomic E-state index is -0.716. The molecule has 23 heavy (non-hydrogen) atoms. The fraction of sp³-hybridized carbons (Fsp3) is 0.111. The normalized spacial score (nSPS) is 10.0. The number of carbonyl (C=O) groups is 2. The average Bonchev–Trinajstić information content (AvgIpc) is 2.56. The lowest BCUT2D eigenvalue weighted by atomic mass is 10.1. The summed E-state index contributed by atoms with van der Waals surface area (Å²) in [5.41, 5.74) is 1.05. The lowest BCUT2D eigenvalue weighted by Crippen LogP contribution is -2.11. The number of esters is 1. The molecule has 0 saturated carbocycles. The molecule has 4 nitrogen and oxygen atoms in total. The van der Waals surface area contributed by atoms with E-state index in [4.69, 9.17) is 9.47 Å². The molecule has 5 heteroatoms. The summed E-state index contributed by atoms with van der Waals surface area (Å²) in [7, 11) is 1.40. The summed E-state index contributed by atoms with van der Waals surface area (Å²) in [6.45, 7) is 3.64. The fourth-order valence-electron chi connectivity index (χ4n) is 2.09. The van der Waals surface area contributed by atoms with Crippen molar-refractivity contribution in [3.8, 4) is 11.5 Å². The van der Waals surface area contributed by atoms with E-state index in [1.807, 2.05) is 0 Å². The van der Waals surface area contributed by atoms with Gasteiger partial charge in [0.1, 0.15) is 12.1 Å². The number of methoxy groups -OCH3 is 1. The zero-order chi connectivity index (χ0) is 16.8. The molecule has 0 amide bonds.